The van der Waals surface area contributed by atoms with Crippen molar-refractivity contribution in [1.29, 1.82) is 0 Å². The fourth-order valence-corrected chi connectivity index (χ4v) is 2.89. The van der Waals surface area contributed by atoms with Crippen molar-refractivity contribution in [2.45, 2.75) is 45.1 Å². The Morgan fingerprint density at radius 2 is 1.89 bits per heavy atom. The molecule has 1 nitrogen and oxygen atoms in total. The van der Waals surface area contributed by atoms with E-state index in [9.17, 15) is 0 Å². The van der Waals surface area contributed by atoms with Crippen molar-refractivity contribution in [2.75, 3.05) is 18.8 Å². The molecule has 0 aromatic heterocycles. The SMILES string of the molecule is CC(C)CCN(CC(CS)c1ccccc1)C1CC1. The predicted octanol–water partition coefficient (Wildman–Crippen LogP) is 4.21. The quantitative estimate of drug-likeness (QED) is 0.697. The van der Waals surface area contributed by atoms with Gasteiger partial charge in [0.15, 0.2) is 0 Å². The van der Waals surface area contributed by atoms with Crippen LogP contribution in [-0.4, -0.2) is 29.8 Å². The highest BCUT2D eigenvalue weighted by molar-refractivity contribution is 7.80. The summed E-state index contributed by atoms with van der Waals surface area (Å²) >= 11 is 4.57. The van der Waals surface area contributed by atoms with E-state index in [1.165, 1.54) is 37.9 Å². The molecule has 0 spiro atoms. The first-order valence-corrected chi connectivity index (χ1v) is 8.23. The lowest BCUT2D eigenvalue weighted by molar-refractivity contribution is 0.237. The third-order valence-electron chi connectivity index (χ3n) is 4.00. The van der Waals surface area contributed by atoms with E-state index in [4.69, 9.17) is 0 Å². The number of nitrogens with zero attached hydrogens (tertiary/aromatic N) is 1. The maximum atomic E-state index is 4.57. The third kappa shape index (κ3) is 4.85. The Kier molecular flexibility index (Phi) is 5.77. The summed E-state index contributed by atoms with van der Waals surface area (Å²) < 4.78 is 0. The number of thiol groups is 1. The molecule has 2 rings (SSSR count). The average Bonchev–Trinajstić information content (AvgIpc) is 3.24. The van der Waals surface area contributed by atoms with Gasteiger partial charge in [-0.3, -0.25) is 4.90 Å². The van der Waals surface area contributed by atoms with Gasteiger partial charge in [0.05, 0.1) is 0 Å². The Hall–Kier alpha value is -0.470. The first kappa shape index (κ1) is 14.9. The standard InChI is InChI=1S/C17H27NS/c1-14(2)10-11-18(17-8-9-17)12-16(13-19)15-6-4-3-5-7-15/h3-7,14,16-17,19H,8-13H2,1-2H3. The molecule has 1 atom stereocenters. The van der Waals surface area contributed by atoms with Crippen LogP contribution in [-0.2, 0) is 0 Å². The van der Waals surface area contributed by atoms with Gasteiger partial charge in [-0.2, -0.15) is 12.6 Å². The van der Waals surface area contributed by atoms with Crippen molar-refractivity contribution in [2.24, 2.45) is 5.92 Å². The third-order valence-corrected chi connectivity index (χ3v) is 4.44. The Labute approximate surface area is 123 Å². The Bertz CT molecular complexity index is 359. The molecular weight excluding hydrogens is 250 g/mol. The lowest BCUT2D eigenvalue weighted by Crippen LogP contribution is -2.33. The number of rotatable bonds is 8. The summed E-state index contributed by atoms with van der Waals surface area (Å²) in [5, 5.41) is 0. The molecule has 19 heavy (non-hydrogen) atoms. The van der Waals surface area contributed by atoms with E-state index in [0.29, 0.717) is 5.92 Å². The van der Waals surface area contributed by atoms with Crippen LogP contribution in [0.2, 0.25) is 0 Å². The van der Waals surface area contributed by atoms with Crippen LogP contribution in [0.25, 0.3) is 0 Å². The van der Waals surface area contributed by atoms with Gasteiger partial charge >= 0.3 is 0 Å². The topological polar surface area (TPSA) is 3.24 Å². The van der Waals surface area contributed by atoms with E-state index in [-0.39, 0.29) is 0 Å². The van der Waals surface area contributed by atoms with Crippen LogP contribution in [0.4, 0.5) is 0 Å². The minimum Gasteiger partial charge on any atom is -0.300 e. The van der Waals surface area contributed by atoms with Crippen LogP contribution >= 0.6 is 12.6 Å². The van der Waals surface area contributed by atoms with Gasteiger partial charge in [-0.15, -0.1) is 0 Å². The van der Waals surface area contributed by atoms with Gasteiger partial charge in [0, 0.05) is 18.5 Å². The minimum atomic E-state index is 0.567. The number of benzene rings is 1. The lowest BCUT2D eigenvalue weighted by Gasteiger charge is -2.27. The van der Waals surface area contributed by atoms with Crippen LogP contribution in [0, 0.1) is 5.92 Å². The van der Waals surface area contributed by atoms with E-state index in [0.717, 1.165) is 17.7 Å². The summed E-state index contributed by atoms with van der Waals surface area (Å²) in [6.45, 7) is 7.06. The second kappa shape index (κ2) is 7.35. The second-order valence-corrected chi connectivity index (χ2v) is 6.56. The maximum Gasteiger partial charge on any atom is 0.00966 e. The summed E-state index contributed by atoms with van der Waals surface area (Å²) in [6.07, 6.45) is 4.10. The molecule has 2 heteroatoms. The van der Waals surface area contributed by atoms with E-state index >= 15 is 0 Å². The molecule has 106 valence electrons. The Morgan fingerprint density at radius 3 is 2.42 bits per heavy atom. The molecule has 1 saturated carbocycles. The van der Waals surface area contributed by atoms with Crippen molar-refractivity contribution in [1.82, 2.24) is 4.90 Å². The first-order chi connectivity index (χ1) is 9.20. The molecular formula is C17H27NS. The maximum absolute atomic E-state index is 4.57. The predicted molar refractivity (Wildman–Crippen MR) is 87.1 cm³/mol. The van der Waals surface area contributed by atoms with Crippen molar-refractivity contribution < 1.29 is 0 Å². The zero-order valence-electron chi connectivity index (χ0n) is 12.3. The Balaban J connectivity index is 1.94. The van der Waals surface area contributed by atoms with Crippen LogP contribution in [0.1, 0.15) is 44.6 Å². The molecule has 0 amide bonds. The van der Waals surface area contributed by atoms with Gasteiger partial charge in [0.2, 0.25) is 0 Å². The highest BCUT2D eigenvalue weighted by Crippen LogP contribution is 2.30. The molecule has 1 aliphatic carbocycles. The summed E-state index contributed by atoms with van der Waals surface area (Å²) in [4.78, 5) is 2.70. The highest BCUT2D eigenvalue weighted by atomic mass is 32.1. The molecule has 1 aromatic carbocycles. The molecule has 0 N–H and O–H groups in total. The van der Waals surface area contributed by atoms with Gasteiger partial charge in [-0.25, -0.2) is 0 Å². The van der Waals surface area contributed by atoms with E-state index in [1.54, 1.807) is 0 Å². The fourth-order valence-electron chi connectivity index (χ4n) is 2.56. The molecule has 1 fully saturated rings. The molecule has 1 aromatic rings. The van der Waals surface area contributed by atoms with E-state index < -0.39 is 0 Å². The molecule has 1 aliphatic rings. The summed E-state index contributed by atoms with van der Waals surface area (Å²) in [6, 6.07) is 11.7. The van der Waals surface area contributed by atoms with Gasteiger partial charge in [0.1, 0.15) is 0 Å². The fraction of sp³-hybridized carbons (Fsp3) is 0.647. The molecule has 0 radical (unpaired) electrons. The Morgan fingerprint density at radius 1 is 1.21 bits per heavy atom. The number of hydrogen-bond donors (Lipinski definition) is 1. The summed E-state index contributed by atoms with van der Waals surface area (Å²) in [7, 11) is 0. The largest absolute Gasteiger partial charge is 0.300 e. The van der Waals surface area contributed by atoms with E-state index in [1.807, 2.05) is 0 Å². The molecule has 0 aliphatic heterocycles. The normalized spacial score (nSPS) is 17.1. The van der Waals surface area contributed by atoms with Crippen molar-refractivity contribution in [3.63, 3.8) is 0 Å². The molecule has 0 bridgehead atoms. The zero-order valence-corrected chi connectivity index (χ0v) is 13.2. The molecule has 0 saturated heterocycles. The lowest BCUT2D eigenvalue weighted by atomic mass is 10.00. The van der Waals surface area contributed by atoms with Crippen LogP contribution in [0.15, 0.2) is 30.3 Å². The average molecular weight is 277 g/mol. The van der Waals surface area contributed by atoms with Crippen molar-refractivity contribution >= 4 is 12.6 Å². The number of hydrogen-bond acceptors (Lipinski definition) is 2. The molecule has 0 heterocycles. The second-order valence-electron chi connectivity index (χ2n) is 6.20. The smallest absolute Gasteiger partial charge is 0.00966 e. The monoisotopic (exact) mass is 277 g/mol. The highest BCUT2D eigenvalue weighted by Gasteiger charge is 2.30. The van der Waals surface area contributed by atoms with Crippen LogP contribution in [0.3, 0.4) is 0 Å². The first-order valence-electron chi connectivity index (χ1n) is 7.60. The van der Waals surface area contributed by atoms with Gasteiger partial charge in [-0.05, 0) is 43.0 Å². The van der Waals surface area contributed by atoms with E-state index in [2.05, 4.69) is 61.7 Å². The van der Waals surface area contributed by atoms with Crippen molar-refractivity contribution in [3.8, 4) is 0 Å². The zero-order chi connectivity index (χ0) is 13.7. The van der Waals surface area contributed by atoms with Gasteiger partial charge in [-0.1, -0.05) is 44.2 Å². The summed E-state index contributed by atoms with van der Waals surface area (Å²) in [5.41, 5.74) is 1.44. The van der Waals surface area contributed by atoms with Crippen molar-refractivity contribution in [3.05, 3.63) is 35.9 Å². The van der Waals surface area contributed by atoms with Crippen LogP contribution < -0.4 is 0 Å². The molecule has 1 unspecified atom stereocenters. The summed E-state index contributed by atoms with van der Waals surface area (Å²) in [5.74, 6) is 2.30. The van der Waals surface area contributed by atoms with Gasteiger partial charge in [0.25, 0.3) is 0 Å². The van der Waals surface area contributed by atoms with Gasteiger partial charge < -0.3 is 0 Å². The van der Waals surface area contributed by atoms with Crippen LogP contribution in [0.5, 0.6) is 0 Å². The minimum absolute atomic E-state index is 0.567.